The SMILES string of the molecule is Cc1cccc(-n2c3ccccc3c3c4c5ccccc5n(-c5ccc(-c6ccccc6)cc5)c4c4ccccc4c32)c1.Cc1cccc(-n2c3ccccc3c3c4c5ccccc5n(-c5cccc(-c6ccccc6)c5)c4c4ccccc4c32)c1.Cc1cccc(-n2c3ccccc3c3c4c5ccccc5n(-c5ccccc5)c4c4ccccc4c32)c1. The lowest BCUT2D eigenvalue weighted by Crippen LogP contribution is -1.97. The van der Waals surface area contributed by atoms with Crippen molar-refractivity contribution in [2.24, 2.45) is 0 Å². The molecule has 0 bridgehead atoms. The first-order chi connectivity index (χ1) is 60.9. The summed E-state index contributed by atoms with van der Waals surface area (Å²) in [6.45, 7) is 6.51. The number of hydrogen-bond acceptors (Lipinski definition) is 0. The lowest BCUT2D eigenvalue weighted by Gasteiger charge is -2.14. The van der Waals surface area contributed by atoms with Crippen LogP contribution in [0.5, 0.6) is 0 Å². The highest BCUT2D eigenvalue weighted by Crippen LogP contribution is 2.52. The van der Waals surface area contributed by atoms with E-state index in [1.807, 2.05) is 0 Å². The Morgan fingerprint density at radius 1 is 0.130 bits per heavy atom. The van der Waals surface area contributed by atoms with Gasteiger partial charge in [0.25, 0.3) is 0 Å². The van der Waals surface area contributed by atoms with Gasteiger partial charge < -0.3 is 27.4 Å². The molecule has 20 aromatic carbocycles. The summed E-state index contributed by atoms with van der Waals surface area (Å²) in [7, 11) is 0. The van der Waals surface area contributed by atoms with Crippen molar-refractivity contribution in [2.75, 3.05) is 0 Å². The molecule has 0 aliphatic rings. The number of aromatic nitrogens is 6. The second-order valence-corrected chi connectivity index (χ2v) is 32.8. The molecule has 0 saturated carbocycles. The number of para-hydroxylation sites is 7. The maximum absolute atomic E-state index is 2.48. The molecule has 0 fully saturated rings. The van der Waals surface area contributed by atoms with Crippen molar-refractivity contribution in [1.82, 2.24) is 27.4 Å². The maximum Gasteiger partial charge on any atom is 0.0627 e. The van der Waals surface area contributed by atoms with Gasteiger partial charge in [0.1, 0.15) is 0 Å². The number of rotatable bonds is 8. The van der Waals surface area contributed by atoms with E-state index in [-0.39, 0.29) is 0 Å². The summed E-state index contributed by atoms with van der Waals surface area (Å²) < 4.78 is 14.8. The van der Waals surface area contributed by atoms with E-state index < -0.39 is 0 Å². The third kappa shape index (κ3) is 11.1. The predicted molar refractivity (Wildman–Crippen MR) is 523 cm³/mol. The van der Waals surface area contributed by atoms with E-state index in [4.69, 9.17) is 0 Å². The van der Waals surface area contributed by atoms with Gasteiger partial charge in [0.15, 0.2) is 0 Å². The van der Waals surface area contributed by atoms with Gasteiger partial charge in [0, 0.05) is 131 Å². The molecule has 26 aromatic rings. The fourth-order valence-electron chi connectivity index (χ4n) is 20.6. The molecule has 0 spiro atoms. The summed E-state index contributed by atoms with van der Waals surface area (Å²) in [5.74, 6) is 0. The molecule has 0 amide bonds. The molecule has 0 atom stereocenters. The highest BCUT2D eigenvalue weighted by Gasteiger charge is 2.29. The van der Waals surface area contributed by atoms with Gasteiger partial charge in [-0.15, -0.1) is 0 Å². The van der Waals surface area contributed by atoms with Crippen LogP contribution in [-0.2, 0) is 0 Å². The van der Waals surface area contributed by atoms with E-state index >= 15 is 0 Å². The molecule has 0 aliphatic heterocycles. The summed E-state index contributed by atoms with van der Waals surface area (Å²) >= 11 is 0. The maximum atomic E-state index is 2.48. The van der Waals surface area contributed by atoms with E-state index in [0.717, 1.165) is 5.69 Å². The van der Waals surface area contributed by atoms with Gasteiger partial charge >= 0.3 is 0 Å². The molecule has 6 heterocycles. The minimum atomic E-state index is 1.16. The van der Waals surface area contributed by atoms with Crippen molar-refractivity contribution >= 4 is 163 Å². The van der Waals surface area contributed by atoms with Gasteiger partial charge in [-0.3, -0.25) is 0 Å². The Morgan fingerprint density at radius 2 is 0.317 bits per heavy atom. The molecule has 0 unspecified atom stereocenters. The highest BCUT2D eigenvalue weighted by atomic mass is 15.0. The van der Waals surface area contributed by atoms with E-state index in [9.17, 15) is 0 Å². The molecule has 578 valence electrons. The van der Waals surface area contributed by atoms with Crippen molar-refractivity contribution < 1.29 is 0 Å². The Bertz CT molecular complexity index is 8770. The van der Waals surface area contributed by atoms with E-state index in [1.165, 1.54) is 231 Å². The van der Waals surface area contributed by atoms with Crippen LogP contribution >= 0.6 is 0 Å². The van der Waals surface area contributed by atoms with Crippen LogP contribution in [0.3, 0.4) is 0 Å². The third-order valence-electron chi connectivity index (χ3n) is 25.5. The summed E-state index contributed by atoms with van der Waals surface area (Å²) in [5, 5.41) is 23.1. The summed E-state index contributed by atoms with van der Waals surface area (Å²) in [4.78, 5) is 0. The van der Waals surface area contributed by atoms with Gasteiger partial charge in [0.2, 0.25) is 0 Å². The average molecular weight is 1570 g/mol. The minimum absolute atomic E-state index is 1.16. The zero-order valence-corrected chi connectivity index (χ0v) is 68.2. The monoisotopic (exact) mass is 1570 g/mol. The minimum Gasteiger partial charge on any atom is -0.309 e. The molecule has 0 saturated heterocycles. The number of benzene rings is 20. The Balaban J connectivity index is 0.000000104. The predicted octanol–water partition coefficient (Wildman–Crippen LogP) is 31.4. The number of fused-ring (bicyclic) bond motifs is 30. The molecule has 0 aliphatic carbocycles. The molecule has 0 N–H and O–H groups in total. The van der Waals surface area contributed by atoms with Crippen molar-refractivity contribution in [3.05, 3.63) is 447 Å². The molecule has 0 radical (unpaired) electrons. The van der Waals surface area contributed by atoms with Gasteiger partial charge in [-0.05, 0) is 169 Å². The number of nitrogens with zero attached hydrogens (tertiary/aromatic N) is 6. The van der Waals surface area contributed by atoms with Crippen molar-refractivity contribution in [3.8, 4) is 56.4 Å². The molecule has 26 rings (SSSR count). The quantitative estimate of drug-likeness (QED) is 0.145. The second-order valence-electron chi connectivity index (χ2n) is 32.8. The highest BCUT2D eigenvalue weighted by molar-refractivity contribution is 6.40. The lowest BCUT2D eigenvalue weighted by atomic mass is 9.99. The average Bonchev–Trinajstić information content (AvgIpc) is 1.54. The summed E-state index contributed by atoms with van der Waals surface area (Å²) in [5.41, 5.74) is 30.7. The van der Waals surface area contributed by atoms with Crippen LogP contribution in [0.25, 0.3) is 220 Å². The first-order valence-electron chi connectivity index (χ1n) is 42.6. The van der Waals surface area contributed by atoms with Crippen LogP contribution in [0.15, 0.2) is 431 Å². The molecule has 123 heavy (non-hydrogen) atoms. The smallest absolute Gasteiger partial charge is 0.0627 e. The van der Waals surface area contributed by atoms with Crippen molar-refractivity contribution in [1.29, 1.82) is 0 Å². The molecule has 6 nitrogen and oxygen atoms in total. The number of hydrogen-bond donors (Lipinski definition) is 0. The van der Waals surface area contributed by atoms with Crippen LogP contribution in [0, 0.1) is 20.8 Å². The Hall–Kier alpha value is -16.0. The Morgan fingerprint density at radius 3 is 0.593 bits per heavy atom. The van der Waals surface area contributed by atoms with Crippen LogP contribution in [0.1, 0.15) is 16.7 Å². The summed E-state index contributed by atoms with van der Waals surface area (Å²) in [6, 6.07) is 157. The molecule has 6 aromatic heterocycles. The van der Waals surface area contributed by atoms with Crippen LogP contribution in [-0.4, -0.2) is 27.4 Å². The van der Waals surface area contributed by atoms with Crippen LogP contribution in [0.4, 0.5) is 0 Å². The molecular weight excluding hydrogens is 1490 g/mol. The second kappa shape index (κ2) is 28.6. The number of aryl methyl sites for hydroxylation is 3. The molecule has 6 heteroatoms. The first kappa shape index (κ1) is 71.1. The van der Waals surface area contributed by atoms with E-state index in [2.05, 4.69) is 479 Å². The van der Waals surface area contributed by atoms with Gasteiger partial charge in [0.05, 0.1) is 66.2 Å². The first-order valence-corrected chi connectivity index (χ1v) is 42.6. The lowest BCUT2D eigenvalue weighted by molar-refractivity contribution is 1.17. The largest absolute Gasteiger partial charge is 0.309 e. The van der Waals surface area contributed by atoms with E-state index in [0.29, 0.717) is 0 Å². The third-order valence-corrected chi connectivity index (χ3v) is 25.5. The van der Waals surface area contributed by atoms with Gasteiger partial charge in [-0.2, -0.15) is 0 Å². The zero-order valence-electron chi connectivity index (χ0n) is 68.2. The van der Waals surface area contributed by atoms with Crippen LogP contribution in [0.2, 0.25) is 0 Å². The zero-order chi connectivity index (χ0) is 81.5. The van der Waals surface area contributed by atoms with Crippen LogP contribution < -0.4 is 0 Å². The molecular formula is C117H80N6. The van der Waals surface area contributed by atoms with Crippen molar-refractivity contribution in [3.63, 3.8) is 0 Å². The normalized spacial score (nSPS) is 11.9. The Labute approximate surface area is 710 Å². The standard InChI is InChI=1S/2C41H28N2.C35H24N2/c1-27-13-11-17-30(25-27)42-36-23-9-7-21-34(36)38-39-35-22-8-10-24-37(35)43(41(39)33-20-6-5-19-32(33)40(38)42)31-18-12-16-29(26-31)28-14-3-2-4-15-28;1-27-12-11-15-31(26-27)43-37-21-10-8-19-35(37)39-38-34-18-7-9-20-36(34)42(40(38)32-16-5-6-17-33(32)41(39)43)30-24-22-29(23-25-30)28-13-3-2-4-14-28;1-23-12-11-15-25(22-23)37-31-21-10-8-19-29(31)33-32-28-18-7-9-20-30(28)36(24-13-3-2-4-14-24)34(32)26-16-5-6-17-27(26)35(33)37/h2*2-26H,1H3;2-22H,1H3. The summed E-state index contributed by atoms with van der Waals surface area (Å²) in [6.07, 6.45) is 0. The van der Waals surface area contributed by atoms with Gasteiger partial charge in [-0.1, -0.05) is 322 Å². The van der Waals surface area contributed by atoms with Gasteiger partial charge in [-0.25, -0.2) is 0 Å². The fourth-order valence-corrected chi connectivity index (χ4v) is 20.6. The fraction of sp³-hybridized carbons (Fsp3) is 0.0256. The van der Waals surface area contributed by atoms with Crippen molar-refractivity contribution in [2.45, 2.75) is 20.8 Å². The topological polar surface area (TPSA) is 29.6 Å². The van der Waals surface area contributed by atoms with E-state index in [1.54, 1.807) is 0 Å². The Kier molecular flexibility index (Phi) is 16.6.